The summed E-state index contributed by atoms with van der Waals surface area (Å²) in [4.78, 5) is 2.68. The maximum atomic E-state index is 6.07. The first kappa shape index (κ1) is 16.0. The summed E-state index contributed by atoms with van der Waals surface area (Å²) in [6.07, 6.45) is 10.8. The third-order valence-electron chi connectivity index (χ3n) is 4.34. The molecule has 0 radical (unpaired) electrons. The summed E-state index contributed by atoms with van der Waals surface area (Å²) in [5.41, 5.74) is 7.53. The Morgan fingerprint density at radius 1 is 1.30 bits per heavy atom. The van der Waals surface area contributed by atoms with E-state index in [9.17, 15) is 0 Å². The first-order valence-electron chi connectivity index (χ1n) is 8.32. The Morgan fingerprint density at radius 3 is 2.70 bits per heavy atom. The average Bonchev–Trinajstić information content (AvgIpc) is 3.18. The van der Waals surface area contributed by atoms with Gasteiger partial charge in [-0.25, -0.2) is 0 Å². The predicted molar refractivity (Wildman–Crippen MR) is 89.1 cm³/mol. The summed E-state index contributed by atoms with van der Waals surface area (Å²) in [5.74, 6) is 0. The van der Waals surface area contributed by atoms with Crippen LogP contribution in [0.15, 0.2) is 16.8 Å². The zero-order chi connectivity index (χ0) is 14.2. The lowest BCUT2D eigenvalue weighted by molar-refractivity contribution is 0.169. The van der Waals surface area contributed by atoms with Crippen molar-refractivity contribution in [3.8, 4) is 0 Å². The van der Waals surface area contributed by atoms with Gasteiger partial charge < -0.3 is 5.73 Å². The molecular formula is C17H30N2S. The van der Waals surface area contributed by atoms with Crippen molar-refractivity contribution in [3.63, 3.8) is 0 Å². The molecule has 2 nitrogen and oxygen atoms in total. The van der Waals surface area contributed by atoms with Gasteiger partial charge in [-0.1, -0.05) is 39.0 Å². The fourth-order valence-electron chi connectivity index (χ4n) is 2.96. The predicted octanol–water partition coefficient (Wildman–Crippen LogP) is 4.40. The minimum Gasteiger partial charge on any atom is -0.329 e. The Morgan fingerprint density at radius 2 is 2.10 bits per heavy atom. The number of nitrogens with zero attached hydrogens (tertiary/aromatic N) is 1. The molecule has 1 aromatic heterocycles. The molecule has 3 heteroatoms. The van der Waals surface area contributed by atoms with Gasteiger partial charge in [0.1, 0.15) is 0 Å². The minimum absolute atomic E-state index is 0.587. The lowest BCUT2D eigenvalue weighted by atomic mass is 10.0. The molecule has 1 heterocycles. The second-order valence-electron chi connectivity index (χ2n) is 6.13. The second kappa shape index (κ2) is 8.81. The molecular weight excluding hydrogens is 264 g/mol. The molecule has 0 aromatic carbocycles. The molecule has 2 N–H and O–H groups in total. The van der Waals surface area contributed by atoms with E-state index < -0.39 is 0 Å². The fourth-order valence-corrected chi connectivity index (χ4v) is 3.62. The normalized spacial score (nSPS) is 16.8. The van der Waals surface area contributed by atoms with Gasteiger partial charge in [-0.2, -0.15) is 11.3 Å². The van der Waals surface area contributed by atoms with Gasteiger partial charge in [0.25, 0.3) is 0 Å². The van der Waals surface area contributed by atoms with Crippen molar-refractivity contribution in [1.82, 2.24) is 4.90 Å². The number of nitrogens with two attached hydrogens (primary N) is 1. The van der Waals surface area contributed by atoms with Crippen LogP contribution in [-0.2, 0) is 6.54 Å². The first-order valence-corrected chi connectivity index (χ1v) is 9.26. The van der Waals surface area contributed by atoms with Crippen LogP contribution < -0.4 is 5.73 Å². The zero-order valence-corrected chi connectivity index (χ0v) is 13.7. The average molecular weight is 295 g/mol. The smallest absolute Gasteiger partial charge is 0.0248 e. The molecule has 1 aromatic rings. The Bertz CT molecular complexity index is 346. The van der Waals surface area contributed by atoms with E-state index in [0.29, 0.717) is 6.04 Å². The first-order chi connectivity index (χ1) is 9.85. The molecule has 0 bridgehead atoms. The molecule has 1 unspecified atom stereocenters. The molecule has 20 heavy (non-hydrogen) atoms. The molecule has 0 spiro atoms. The highest BCUT2D eigenvalue weighted by Crippen LogP contribution is 2.31. The monoisotopic (exact) mass is 294 g/mol. The van der Waals surface area contributed by atoms with E-state index >= 15 is 0 Å². The number of hydrogen-bond donors (Lipinski definition) is 1. The Labute approximate surface area is 128 Å². The van der Waals surface area contributed by atoms with Crippen LogP contribution in [0, 0.1) is 0 Å². The van der Waals surface area contributed by atoms with Gasteiger partial charge in [-0.3, -0.25) is 4.90 Å². The second-order valence-corrected chi connectivity index (χ2v) is 6.91. The van der Waals surface area contributed by atoms with E-state index in [-0.39, 0.29) is 0 Å². The van der Waals surface area contributed by atoms with Crippen LogP contribution in [0.2, 0.25) is 0 Å². The van der Waals surface area contributed by atoms with Crippen LogP contribution in [0.5, 0.6) is 0 Å². The van der Waals surface area contributed by atoms with Crippen molar-refractivity contribution in [2.24, 2.45) is 5.73 Å². The molecule has 1 fully saturated rings. The molecule has 1 atom stereocenters. The third kappa shape index (κ3) is 5.19. The Balaban J connectivity index is 1.79. The standard InChI is InChI=1S/C17H30N2S/c1-2-3-4-5-6-7-17(12-18)19(16-8-9-16)13-15-10-11-20-14-15/h10-11,14,16-17H,2-9,12-13,18H2,1H3. The summed E-state index contributed by atoms with van der Waals surface area (Å²) < 4.78 is 0. The van der Waals surface area contributed by atoms with Crippen LogP contribution in [0.25, 0.3) is 0 Å². The van der Waals surface area contributed by atoms with E-state index in [1.54, 1.807) is 11.3 Å². The van der Waals surface area contributed by atoms with Gasteiger partial charge in [0.15, 0.2) is 0 Å². The summed E-state index contributed by atoms with van der Waals surface area (Å²) in [5, 5.41) is 4.47. The van der Waals surface area contributed by atoms with Crippen LogP contribution in [0.3, 0.4) is 0 Å². The summed E-state index contributed by atoms with van der Waals surface area (Å²) in [6, 6.07) is 3.65. The lowest BCUT2D eigenvalue weighted by Crippen LogP contribution is -2.41. The Hall–Kier alpha value is -0.380. The van der Waals surface area contributed by atoms with Gasteiger partial charge in [0.05, 0.1) is 0 Å². The van der Waals surface area contributed by atoms with Crippen molar-refractivity contribution in [2.45, 2.75) is 76.9 Å². The Kier molecular flexibility index (Phi) is 7.05. The number of unbranched alkanes of at least 4 members (excludes halogenated alkanes) is 4. The molecule has 0 aliphatic heterocycles. The molecule has 114 valence electrons. The fraction of sp³-hybridized carbons (Fsp3) is 0.765. The van der Waals surface area contributed by atoms with Crippen molar-refractivity contribution in [1.29, 1.82) is 0 Å². The van der Waals surface area contributed by atoms with Crippen molar-refractivity contribution in [3.05, 3.63) is 22.4 Å². The molecule has 1 aliphatic carbocycles. The topological polar surface area (TPSA) is 29.3 Å². The molecule has 1 aliphatic rings. The summed E-state index contributed by atoms with van der Waals surface area (Å²) in [6.45, 7) is 4.19. The third-order valence-corrected chi connectivity index (χ3v) is 5.08. The summed E-state index contributed by atoms with van der Waals surface area (Å²) >= 11 is 1.80. The quantitative estimate of drug-likeness (QED) is 0.613. The molecule has 0 saturated heterocycles. The van der Waals surface area contributed by atoms with E-state index in [4.69, 9.17) is 5.73 Å². The van der Waals surface area contributed by atoms with Crippen LogP contribution in [0.1, 0.15) is 63.9 Å². The number of rotatable bonds is 11. The minimum atomic E-state index is 0.587. The van der Waals surface area contributed by atoms with Crippen molar-refractivity contribution < 1.29 is 0 Å². The van der Waals surface area contributed by atoms with Crippen LogP contribution in [-0.4, -0.2) is 23.5 Å². The number of thiophene rings is 1. The largest absolute Gasteiger partial charge is 0.329 e. The molecule has 1 saturated carbocycles. The van der Waals surface area contributed by atoms with E-state index in [1.807, 2.05) is 0 Å². The van der Waals surface area contributed by atoms with Crippen molar-refractivity contribution in [2.75, 3.05) is 6.54 Å². The zero-order valence-electron chi connectivity index (χ0n) is 12.9. The highest BCUT2D eigenvalue weighted by molar-refractivity contribution is 7.07. The number of hydrogen-bond acceptors (Lipinski definition) is 3. The van der Waals surface area contributed by atoms with E-state index in [2.05, 4.69) is 28.7 Å². The maximum Gasteiger partial charge on any atom is 0.0248 e. The molecule has 2 rings (SSSR count). The van der Waals surface area contributed by atoms with E-state index in [0.717, 1.165) is 19.1 Å². The van der Waals surface area contributed by atoms with Gasteiger partial charge >= 0.3 is 0 Å². The van der Waals surface area contributed by atoms with E-state index in [1.165, 1.54) is 56.9 Å². The van der Waals surface area contributed by atoms with Gasteiger partial charge in [0, 0.05) is 25.2 Å². The lowest BCUT2D eigenvalue weighted by Gasteiger charge is -2.31. The highest BCUT2D eigenvalue weighted by Gasteiger charge is 2.33. The van der Waals surface area contributed by atoms with Crippen LogP contribution >= 0.6 is 11.3 Å². The maximum absolute atomic E-state index is 6.07. The van der Waals surface area contributed by atoms with Crippen molar-refractivity contribution >= 4 is 11.3 Å². The molecule has 0 amide bonds. The summed E-state index contributed by atoms with van der Waals surface area (Å²) in [7, 11) is 0. The van der Waals surface area contributed by atoms with Gasteiger partial charge in [-0.05, 0) is 41.7 Å². The van der Waals surface area contributed by atoms with Gasteiger partial charge in [-0.15, -0.1) is 0 Å². The SMILES string of the molecule is CCCCCCCC(CN)N(Cc1ccsc1)C1CC1. The van der Waals surface area contributed by atoms with Gasteiger partial charge in [0.2, 0.25) is 0 Å². The highest BCUT2D eigenvalue weighted by atomic mass is 32.1. The van der Waals surface area contributed by atoms with Crippen LogP contribution in [0.4, 0.5) is 0 Å².